The third kappa shape index (κ3) is 4.94. The molecular weight excluding hydrogens is 346 g/mol. The number of carbonyl (C=O) groups is 2. The monoisotopic (exact) mass is 365 g/mol. The summed E-state index contributed by atoms with van der Waals surface area (Å²) >= 11 is 0. The van der Waals surface area contributed by atoms with E-state index in [4.69, 9.17) is 9.47 Å². The molecule has 27 heavy (non-hydrogen) atoms. The fourth-order valence-electron chi connectivity index (χ4n) is 2.40. The summed E-state index contributed by atoms with van der Waals surface area (Å²) in [5.74, 6) is -0.279. The summed E-state index contributed by atoms with van der Waals surface area (Å²) in [6.07, 6.45) is 2.97. The van der Waals surface area contributed by atoms with Crippen molar-refractivity contribution in [3.63, 3.8) is 0 Å². The van der Waals surface area contributed by atoms with Crippen LogP contribution in [0.25, 0.3) is 5.69 Å². The smallest absolute Gasteiger partial charge is 0.341 e. The van der Waals surface area contributed by atoms with Crippen molar-refractivity contribution in [2.24, 2.45) is 0 Å². The number of methoxy groups -OCH3 is 1. The zero-order valence-corrected chi connectivity index (χ0v) is 14.8. The van der Waals surface area contributed by atoms with Gasteiger partial charge in [0.25, 0.3) is 5.91 Å². The van der Waals surface area contributed by atoms with E-state index in [0.29, 0.717) is 12.3 Å². The number of esters is 1. The molecular formula is C20H19N3O4. The van der Waals surface area contributed by atoms with E-state index < -0.39 is 5.97 Å². The summed E-state index contributed by atoms with van der Waals surface area (Å²) in [4.78, 5) is 24.0. The molecule has 0 saturated heterocycles. The molecule has 1 amide bonds. The molecule has 3 aromatic rings. The van der Waals surface area contributed by atoms with Gasteiger partial charge in [-0.15, -0.1) is 0 Å². The van der Waals surface area contributed by atoms with Crippen molar-refractivity contribution in [2.75, 3.05) is 13.7 Å². The van der Waals surface area contributed by atoms with E-state index in [9.17, 15) is 9.59 Å². The molecule has 7 nitrogen and oxygen atoms in total. The molecule has 7 heteroatoms. The van der Waals surface area contributed by atoms with E-state index >= 15 is 0 Å². The van der Waals surface area contributed by atoms with Crippen LogP contribution in [0.4, 0.5) is 0 Å². The van der Waals surface area contributed by atoms with Gasteiger partial charge in [-0.1, -0.05) is 30.3 Å². The van der Waals surface area contributed by atoms with Crippen LogP contribution in [0.15, 0.2) is 67.0 Å². The highest BCUT2D eigenvalue weighted by Gasteiger charge is 2.13. The predicted octanol–water partition coefficient (Wildman–Crippen LogP) is 2.35. The third-order valence-electron chi connectivity index (χ3n) is 3.80. The quantitative estimate of drug-likeness (QED) is 0.650. The number of hydrogen-bond donors (Lipinski definition) is 1. The highest BCUT2D eigenvalue weighted by Crippen LogP contribution is 2.12. The van der Waals surface area contributed by atoms with Crippen molar-refractivity contribution in [2.45, 2.75) is 6.54 Å². The zero-order valence-electron chi connectivity index (χ0n) is 14.8. The van der Waals surface area contributed by atoms with E-state index in [0.717, 1.165) is 11.3 Å². The second kappa shape index (κ2) is 8.66. The van der Waals surface area contributed by atoms with Gasteiger partial charge < -0.3 is 14.8 Å². The van der Waals surface area contributed by atoms with Gasteiger partial charge in [-0.2, -0.15) is 5.10 Å². The van der Waals surface area contributed by atoms with Crippen LogP contribution in [0.1, 0.15) is 15.9 Å². The molecule has 138 valence electrons. The van der Waals surface area contributed by atoms with Crippen molar-refractivity contribution in [1.29, 1.82) is 0 Å². The molecule has 0 saturated carbocycles. The minimum atomic E-state index is -0.603. The Labute approximate surface area is 156 Å². The summed E-state index contributed by atoms with van der Waals surface area (Å²) in [6, 6.07) is 16.7. The molecule has 0 aliphatic rings. The first-order chi connectivity index (χ1) is 13.2. The number of carbonyl (C=O) groups excluding carboxylic acids is 2. The van der Waals surface area contributed by atoms with Crippen molar-refractivity contribution in [3.8, 4) is 11.4 Å². The van der Waals surface area contributed by atoms with Gasteiger partial charge in [0.1, 0.15) is 5.75 Å². The second-order valence-electron chi connectivity index (χ2n) is 5.71. The Kier molecular flexibility index (Phi) is 5.84. The lowest BCUT2D eigenvalue weighted by atomic mass is 10.2. The van der Waals surface area contributed by atoms with Crippen LogP contribution in [0, 0.1) is 0 Å². The Morgan fingerprint density at radius 2 is 1.93 bits per heavy atom. The molecule has 0 fully saturated rings. The molecule has 0 bridgehead atoms. The first kappa shape index (κ1) is 18.2. The maximum absolute atomic E-state index is 12.1. The molecule has 0 atom stereocenters. The lowest BCUT2D eigenvalue weighted by molar-refractivity contribution is -0.124. The van der Waals surface area contributed by atoms with Gasteiger partial charge in [0, 0.05) is 12.7 Å². The summed E-state index contributed by atoms with van der Waals surface area (Å²) in [7, 11) is 1.58. The number of aromatic nitrogens is 2. The Hall–Kier alpha value is -3.61. The van der Waals surface area contributed by atoms with Crippen LogP contribution < -0.4 is 10.1 Å². The minimum Gasteiger partial charge on any atom is -0.497 e. The molecule has 0 aliphatic heterocycles. The van der Waals surface area contributed by atoms with E-state index in [-0.39, 0.29) is 18.1 Å². The molecule has 1 aromatic heterocycles. The molecule has 0 radical (unpaired) electrons. The van der Waals surface area contributed by atoms with Crippen LogP contribution in [0.5, 0.6) is 5.75 Å². The third-order valence-corrected chi connectivity index (χ3v) is 3.80. The summed E-state index contributed by atoms with van der Waals surface area (Å²) in [5.41, 5.74) is 1.99. The first-order valence-electron chi connectivity index (χ1n) is 8.32. The number of rotatable bonds is 7. The molecule has 1 heterocycles. The Morgan fingerprint density at radius 3 is 2.70 bits per heavy atom. The fourth-order valence-corrected chi connectivity index (χ4v) is 2.40. The summed E-state index contributed by atoms with van der Waals surface area (Å²) < 4.78 is 11.7. The topological polar surface area (TPSA) is 82.4 Å². The van der Waals surface area contributed by atoms with E-state index in [1.165, 1.54) is 6.20 Å². The average Bonchev–Trinajstić information content (AvgIpc) is 3.21. The number of para-hydroxylation sites is 1. The molecule has 0 spiro atoms. The normalized spacial score (nSPS) is 10.3. The van der Waals surface area contributed by atoms with Gasteiger partial charge in [-0.3, -0.25) is 4.79 Å². The average molecular weight is 365 g/mol. The van der Waals surface area contributed by atoms with E-state index in [1.807, 2.05) is 54.6 Å². The first-order valence-corrected chi connectivity index (χ1v) is 8.32. The molecule has 2 aromatic carbocycles. The van der Waals surface area contributed by atoms with Gasteiger partial charge in [0.2, 0.25) is 0 Å². The number of hydrogen-bond acceptors (Lipinski definition) is 5. The largest absolute Gasteiger partial charge is 0.497 e. The van der Waals surface area contributed by atoms with Crippen LogP contribution >= 0.6 is 0 Å². The highest BCUT2D eigenvalue weighted by molar-refractivity contribution is 5.90. The van der Waals surface area contributed by atoms with Gasteiger partial charge in [-0.05, 0) is 29.8 Å². The van der Waals surface area contributed by atoms with Crippen LogP contribution in [-0.2, 0) is 16.1 Å². The maximum atomic E-state index is 12.1. The second-order valence-corrected chi connectivity index (χ2v) is 5.71. The van der Waals surface area contributed by atoms with Crippen molar-refractivity contribution in [1.82, 2.24) is 15.1 Å². The zero-order chi connectivity index (χ0) is 19.1. The van der Waals surface area contributed by atoms with Crippen molar-refractivity contribution in [3.05, 3.63) is 78.1 Å². The SMILES string of the molecule is COc1cccc(CNC(=O)COC(=O)c2cnn(-c3ccccc3)c2)c1. The van der Waals surface area contributed by atoms with E-state index in [2.05, 4.69) is 10.4 Å². The Bertz CT molecular complexity index is 922. The molecule has 0 unspecified atom stereocenters. The number of amides is 1. The maximum Gasteiger partial charge on any atom is 0.341 e. The molecule has 1 N–H and O–H groups in total. The highest BCUT2D eigenvalue weighted by atomic mass is 16.5. The van der Waals surface area contributed by atoms with Crippen LogP contribution in [-0.4, -0.2) is 35.4 Å². The van der Waals surface area contributed by atoms with E-state index in [1.54, 1.807) is 18.0 Å². The Morgan fingerprint density at radius 1 is 1.11 bits per heavy atom. The van der Waals surface area contributed by atoms with Gasteiger partial charge >= 0.3 is 5.97 Å². The minimum absolute atomic E-state index is 0.277. The fraction of sp³-hybridized carbons (Fsp3) is 0.150. The van der Waals surface area contributed by atoms with Gasteiger partial charge in [-0.25, -0.2) is 9.48 Å². The lowest BCUT2D eigenvalue weighted by Crippen LogP contribution is -2.28. The lowest BCUT2D eigenvalue weighted by Gasteiger charge is -2.07. The number of nitrogens with zero attached hydrogens (tertiary/aromatic N) is 2. The molecule has 3 rings (SSSR count). The van der Waals surface area contributed by atoms with Crippen LogP contribution in [0.3, 0.4) is 0 Å². The summed E-state index contributed by atoms with van der Waals surface area (Å²) in [5, 5.41) is 6.83. The molecule has 0 aliphatic carbocycles. The number of benzene rings is 2. The standard InChI is InChI=1S/C20H19N3O4/c1-26-18-9-5-6-15(10-18)11-21-19(24)14-27-20(25)16-12-22-23(13-16)17-7-3-2-4-8-17/h2-10,12-13H,11,14H2,1H3,(H,21,24). The van der Waals surface area contributed by atoms with Gasteiger partial charge in [0.05, 0.1) is 24.6 Å². The van der Waals surface area contributed by atoms with Crippen molar-refractivity contribution < 1.29 is 19.1 Å². The number of nitrogens with one attached hydrogen (secondary N) is 1. The Balaban J connectivity index is 1.48. The number of ether oxygens (including phenoxy) is 2. The predicted molar refractivity (Wildman–Crippen MR) is 98.7 cm³/mol. The van der Waals surface area contributed by atoms with Crippen molar-refractivity contribution >= 4 is 11.9 Å². The summed E-state index contributed by atoms with van der Waals surface area (Å²) in [6.45, 7) is -0.0428. The van der Waals surface area contributed by atoms with Crippen LogP contribution in [0.2, 0.25) is 0 Å². The van der Waals surface area contributed by atoms with Gasteiger partial charge in [0.15, 0.2) is 6.61 Å².